The summed E-state index contributed by atoms with van der Waals surface area (Å²) < 4.78 is 0. The summed E-state index contributed by atoms with van der Waals surface area (Å²) >= 11 is 0. The first-order chi connectivity index (χ1) is 16.2. The maximum atomic E-state index is 12.3. The van der Waals surface area contributed by atoms with Crippen molar-refractivity contribution in [3.8, 4) is 17.1 Å². The zero-order chi connectivity index (χ0) is 22.6. The van der Waals surface area contributed by atoms with E-state index in [-0.39, 0.29) is 5.75 Å². The molecule has 1 aromatic heterocycles. The van der Waals surface area contributed by atoms with Crippen LogP contribution in [0.1, 0.15) is 22.9 Å². The first-order valence-electron chi connectivity index (χ1n) is 11.5. The number of rotatable bonds is 5. The Balaban J connectivity index is 1.38. The van der Waals surface area contributed by atoms with E-state index in [4.69, 9.17) is 4.98 Å². The number of benzene rings is 3. The zero-order valence-electron chi connectivity index (χ0n) is 18.8. The quantitative estimate of drug-likeness (QED) is 0.523. The van der Waals surface area contributed by atoms with Crippen molar-refractivity contribution in [2.75, 3.05) is 31.1 Å². The van der Waals surface area contributed by atoms with Crippen molar-refractivity contribution >= 4 is 5.82 Å². The van der Waals surface area contributed by atoms with Gasteiger partial charge in [-0.3, -0.25) is 0 Å². The lowest BCUT2D eigenvalue weighted by molar-refractivity contribution is -0.926. The molecule has 0 spiro atoms. The Morgan fingerprint density at radius 1 is 0.788 bits per heavy atom. The van der Waals surface area contributed by atoms with Gasteiger partial charge in [0, 0.05) is 28.5 Å². The molecular formula is C28H28N4O. The molecule has 0 radical (unpaired) electrons. The van der Waals surface area contributed by atoms with Crippen molar-refractivity contribution in [1.82, 2.24) is 9.97 Å². The van der Waals surface area contributed by atoms with E-state index in [9.17, 15) is 5.11 Å². The molecule has 1 aliphatic rings. The molecule has 5 heteroatoms. The molecule has 1 saturated heterocycles. The zero-order valence-corrected chi connectivity index (χ0v) is 18.8. The number of aryl methyl sites for hydroxylation is 1. The van der Waals surface area contributed by atoms with E-state index in [0.29, 0.717) is 17.4 Å². The highest BCUT2D eigenvalue weighted by atomic mass is 16.3. The summed E-state index contributed by atoms with van der Waals surface area (Å²) in [6.45, 7) is 5.78. The summed E-state index contributed by atoms with van der Waals surface area (Å²) in [4.78, 5) is 13.2. The highest BCUT2D eigenvalue weighted by Crippen LogP contribution is 2.26. The van der Waals surface area contributed by atoms with Gasteiger partial charge in [-0.05, 0) is 6.92 Å². The number of aromatic nitrogens is 2. The van der Waals surface area contributed by atoms with Crippen LogP contribution in [-0.4, -0.2) is 36.1 Å². The molecule has 0 bridgehead atoms. The summed E-state index contributed by atoms with van der Waals surface area (Å²) in [5, 5.41) is 12.3. The van der Waals surface area contributed by atoms with Crippen LogP contribution in [0.15, 0.2) is 91.0 Å². The molecule has 0 aliphatic carbocycles. The maximum absolute atomic E-state index is 12.3. The van der Waals surface area contributed by atoms with Crippen molar-refractivity contribution in [3.05, 3.63) is 108 Å². The average molecular weight is 437 g/mol. The van der Waals surface area contributed by atoms with E-state index in [1.165, 1.54) is 11.1 Å². The van der Waals surface area contributed by atoms with Gasteiger partial charge in [-0.15, -0.1) is 0 Å². The molecule has 166 valence electrons. The summed E-state index contributed by atoms with van der Waals surface area (Å²) in [6.07, 6.45) is 0. The van der Waals surface area contributed by atoms with E-state index in [1.807, 2.05) is 19.1 Å². The molecule has 1 aliphatic heterocycles. The monoisotopic (exact) mass is 436 g/mol. The number of nitrogens with zero attached hydrogens (tertiary/aromatic N) is 3. The fraction of sp³-hybridized carbons (Fsp3) is 0.214. The first-order valence-corrected chi connectivity index (χ1v) is 11.5. The number of para-hydroxylation sites is 1. The van der Waals surface area contributed by atoms with Gasteiger partial charge < -0.3 is 14.9 Å². The number of piperazine rings is 1. The molecule has 0 amide bonds. The Hall–Kier alpha value is -3.70. The molecule has 2 heterocycles. The van der Waals surface area contributed by atoms with Gasteiger partial charge in [-0.2, -0.15) is 0 Å². The minimum absolute atomic E-state index is 0.0446. The molecule has 1 fully saturated rings. The van der Waals surface area contributed by atoms with E-state index in [1.54, 1.807) is 23.1 Å². The van der Waals surface area contributed by atoms with E-state index in [2.05, 4.69) is 70.5 Å². The van der Waals surface area contributed by atoms with Crippen molar-refractivity contribution in [2.45, 2.75) is 13.0 Å². The van der Waals surface area contributed by atoms with Gasteiger partial charge in [-0.25, -0.2) is 9.97 Å². The van der Waals surface area contributed by atoms with Crippen LogP contribution >= 0.6 is 0 Å². The second kappa shape index (κ2) is 9.43. The van der Waals surface area contributed by atoms with Crippen LogP contribution in [0.2, 0.25) is 0 Å². The second-order valence-electron chi connectivity index (χ2n) is 8.59. The molecule has 5 nitrogen and oxygen atoms in total. The third-order valence-electron chi connectivity index (χ3n) is 6.37. The molecule has 1 N–H and O–H groups in total. The van der Waals surface area contributed by atoms with Crippen LogP contribution in [0.3, 0.4) is 0 Å². The first kappa shape index (κ1) is 21.2. The van der Waals surface area contributed by atoms with Crippen LogP contribution < -0.4 is 14.9 Å². The van der Waals surface area contributed by atoms with Gasteiger partial charge in [0.1, 0.15) is 11.9 Å². The molecule has 0 unspecified atom stereocenters. The van der Waals surface area contributed by atoms with Gasteiger partial charge in [-0.1, -0.05) is 90.7 Å². The topological polar surface area (TPSA) is 56.5 Å². The van der Waals surface area contributed by atoms with Gasteiger partial charge in [0.25, 0.3) is 0 Å². The summed E-state index contributed by atoms with van der Waals surface area (Å²) in [6, 6.07) is 30.9. The highest BCUT2D eigenvalue weighted by Gasteiger charge is 2.30. The van der Waals surface area contributed by atoms with Crippen LogP contribution in [-0.2, 0) is 0 Å². The number of quaternary nitrogens is 1. The summed E-state index contributed by atoms with van der Waals surface area (Å²) in [5.74, 6) is 1.37. The standard InChI is InChI=1S/C28H28N4O/c1-21-20-26(30-28(29-21)24-14-8-9-15-25(24)33)31-16-18-32(19-17-31)27(22-10-4-2-5-11-22)23-12-6-3-7-13-23/h2-15,20,27,33H,16-19H2,1H3. The van der Waals surface area contributed by atoms with Gasteiger partial charge in [0.2, 0.25) is 0 Å². The predicted molar refractivity (Wildman–Crippen MR) is 129 cm³/mol. The SMILES string of the molecule is Cc1cc(N2CC[NH+](C(c3ccccc3)c3ccccc3)CC2)nc(-c2ccccc2[O-])n1. The third-order valence-corrected chi connectivity index (χ3v) is 6.37. The van der Waals surface area contributed by atoms with Crippen molar-refractivity contribution in [2.24, 2.45) is 0 Å². The maximum Gasteiger partial charge on any atom is 0.161 e. The van der Waals surface area contributed by atoms with Crippen molar-refractivity contribution in [1.29, 1.82) is 0 Å². The summed E-state index contributed by atoms with van der Waals surface area (Å²) in [7, 11) is 0. The van der Waals surface area contributed by atoms with Crippen LogP contribution in [0, 0.1) is 6.92 Å². The summed E-state index contributed by atoms with van der Waals surface area (Å²) in [5.41, 5.74) is 4.12. The molecule has 4 aromatic rings. The second-order valence-corrected chi connectivity index (χ2v) is 8.59. The lowest BCUT2D eigenvalue weighted by atomic mass is 9.96. The number of nitrogens with one attached hydrogen (secondary N) is 1. The number of hydrogen-bond acceptors (Lipinski definition) is 4. The Morgan fingerprint density at radius 3 is 1.97 bits per heavy atom. The highest BCUT2D eigenvalue weighted by molar-refractivity contribution is 5.64. The Labute approximate surface area is 195 Å². The number of anilines is 1. The largest absolute Gasteiger partial charge is 0.872 e. The Kier molecular flexibility index (Phi) is 6.05. The van der Waals surface area contributed by atoms with Crippen molar-refractivity contribution in [3.63, 3.8) is 0 Å². The average Bonchev–Trinajstić information content (AvgIpc) is 2.86. The lowest BCUT2D eigenvalue weighted by Crippen LogP contribution is -3.15. The smallest absolute Gasteiger partial charge is 0.161 e. The normalized spacial score (nSPS) is 14.5. The van der Waals surface area contributed by atoms with E-state index >= 15 is 0 Å². The fourth-order valence-corrected chi connectivity index (χ4v) is 4.75. The third kappa shape index (κ3) is 4.59. The minimum Gasteiger partial charge on any atom is -0.872 e. The van der Waals surface area contributed by atoms with E-state index in [0.717, 1.165) is 37.7 Å². The minimum atomic E-state index is -0.0446. The fourth-order valence-electron chi connectivity index (χ4n) is 4.75. The lowest BCUT2D eigenvalue weighted by Gasteiger charge is -2.37. The molecule has 33 heavy (non-hydrogen) atoms. The van der Waals surface area contributed by atoms with Crippen LogP contribution in [0.4, 0.5) is 5.82 Å². The van der Waals surface area contributed by atoms with Crippen LogP contribution in [0.5, 0.6) is 5.75 Å². The molecular weight excluding hydrogens is 408 g/mol. The van der Waals surface area contributed by atoms with Gasteiger partial charge in [0.15, 0.2) is 5.82 Å². The predicted octanol–water partition coefficient (Wildman–Crippen LogP) is 3.02. The van der Waals surface area contributed by atoms with E-state index < -0.39 is 0 Å². The van der Waals surface area contributed by atoms with Crippen LogP contribution in [0.25, 0.3) is 11.4 Å². The molecule has 5 rings (SSSR count). The molecule has 0 saturated carbocycles. The van der Waals surface area contributed by atoms with Gasteiger partial charge >= 0.3 is 0 Å². The van der Waals surface area contributed by atoms with Crippen molar-refractivity contribution < 1.29 is 10.0 Å². The van der Waals surface area contributed by atoms with Gasteiger partial charge in [0.05, 0.1) is 26.2 Å². The number of hydrogen-bond donors (Lipinski definition) is 1. The molecule has 0 atom stereocenters. The Morgan fingerprint density at radius 2 is 1.36 bits per heavy atom. The Bertz CT molecular complexity index is 1170. The molecule has 3 aromatic carbocycles.